The van der Waals surface area contributed by atoms with Crippen molar-refractivity contribution >= 4 is 27.9 Å². The van der Waals surface area contributed by atoms with Crippen LogP contribution in [0.4, 0.5) is 4.79 Å². The Labute approximate surface area is 174 Å². The SMILES string of the molecule is CC(C)CNC(=O)NC(=O)COC(=O)c1ccc(S(=O)(=O)NCc2ccco2)cc1. The fourth-order valence-electron chi connectivity index (χ4n) is 2.15. The molecule has 30 heavy (non-hydrogen) atoms. The third-order valence-corrected chi connectivity index (χ3v) is 5.09. The van der Waals surface area contributed by atoms with Crippen molar-refractivity contribution < 1.29 is 32.0 Å². The van der Waals surface area contributed by atoms with Crippen molar-refractivity contribution in [3.63, 3.8) is 0 Å². The number of rotatable bonds is 9. The molecule has 3 N–H and O–H groups in total. The number of esters is 1. The van der Waals surface area contributed by atoms with Crippen LogP contribution in [0.25, 0.3) is 0 Å². The minimum Gasteiger partial charge on any atom is -0.468 e. The molecule has 0 bridgehead atoms. The molecule has 2 rings (SSSR count). The van der Waals surface area contributed by atoms with Crippen LogP contribution in [0.1, 0.15) is 30.0 Å². The summed E-state index contributed by atoms with van der Waals surface area (Å²) in [6.45, 7) is 3.52. The lowest BCUT2D eigenvalue weighted by atomic mass is 10.2. The Hall–Kier alpha value is -3.18. The summed E-state index contributed by atoms with van der Waals surface area (Å²) >= 11 is 0. The molecule has 0 aliphatic heterocycles. The van der Waals surface area contributed by atoms with Crippen LogP contribution in [0.3, 0.4) is 0 Å². The lowest BCUT2D eigenvalue weighted by molar-refractivity contribution is -0.123. The lowest BCUT2D eigenvalue weighted by Crippen LogP contribution is -2.42. The highest BCUT2D eigenvalue weighted by atomic mass is 32.2. The number of hydrogen-bond acceptors (Lipinski definition) is 7. The first-order chi connectivity index (χ1) is 14.2. The monoisotopic (exact) mass is 437 g/mol. The number of hydrogen-bond donors (Lipinski definition) is 3. The first-order valence-corrected chi connectivity index (χ1v) is 10.5. The molecule has 1 aromatic heterocycles. The normalized spacial score (nSPS) is 11.2. The summed E-state index contributed by atoms with van der Waals surface area (Å²) < 4.78 is 36.8. The van der Waals surface area contributed by atoms with Gasteiger partial charge < -0.3 is 14.5 Å². The van der Waals surface area contributed by atoms with Gasteiger partial charge in [-0.2, -0.15) is 0 Å². The van der Waals surface area contributed by atoms with Crippen LogP contribution < -0.4 is 15.4 Å². The number of furan rings is 1. The summed E-state index contributed by atoms with van der Waals surface area (Å²) in [6.07, 6.45) is 1.43. The maximum Gasteiger partial charge on any atom is 0.338 e. The summed E-state index contributed by atoms with van der Waals surface area (Å²) in [6, 6.07) is 7.59. The first-order valence-electron chi connectivity index (χ1n) is 9.04. The van der Waals surface area contributed by atoms with Gasteiger partial charge in [-0.1, -0.05) is 13.8 Å². The van der Waals surface area contributed by atoms with Crippen LogP contribution in [0.5, 0.6) is 0 Å². The highest BCUT2D eigenvalue weighted by Crippen LogP contribution is 2.12. The molecule has 1 aromatic carbocycles. The van der Waals surface area contributed by atoms with Crippen molar-refractivity contribution in [1.82, 2.24) is 15.4 Å². The molecule has 162 valence electrons. The third-order valence-electron chi connectivity index (χ3n) is 3.68. The molecule has 0 fully saturated rings. The maximum atomic E-state index is 12.3. The van der Waals surface area contributed by atoms with Crippen molar-refractivity contribution in [2.75, 3.05) is 13.2 Å². The minimum absolute atomic E-state index is 0.0149. The number of sulfonamides is 1. The van der Waals surface area contributed by atoms with Gasteiger partial charge in [0.25, 0.3) is 5.91 Å². The second-order valence-corrected chi connectivity index (χ2v) is 8.42. The largest absolute Gasteiger partial charge is 0.468 e. The molecular weight excluding hydrogens is 414 g/mol. The summed E-state index contributed by atoms with van der Waals surface area (Å²) in [4.78, 5) is 35.1. The molecule has 0 radical (unpaired) electrons. The van der Waals surface area contributed by atoms with Gasteiger partial charge in [0.05, 0.1) is 23.3 Å². The Morgan fingerprint density at radius 1 is 1.10 bits per heavy atom. The van der Waals surface area contributed by atoms with Crippen LogP contribution in [-0.4, -0.2) is 39.5 Å². The zero-order valence-corrected chi connectivity index (χ0v) is 17.3. The van der Waals surface area contributed by atoms with E-state index in [0.717, 1.165) is 0 Å². The molecule has 11 heteroatoms. The van der Waals surface area contributed by atoms with Gasteiger partial charge in [0.1, 0.15) is 5.76 Å². The van der Waals surface area contributed by atoms with E-state index in [1.54, 1.807) is 12.1 Å². The van der Waals surface area contributed by atoms with Crippen LogP contribution in [0.2, 0.25) is 0 Å². The van der Waals surface area contributed by atoms with E-state index in [9.17, 15) is 22.8 Å². The number of ether oxygens (including phenoxy) is 1. The molecular formula is C19H23N3O7S. The van der Waals surface area contributed by atoms with Crippen molar-refractivity contribution in [3.05, 3.63) is 54.0 Å². The summed E-state index contributed by atoms with van der Waals surface area (Å²) in [5.41, 5.74) is 0.0528. The quantitative estimate of drug-likeness (QED) is 0.503. The second kappa shape index (κ2) is 10.6. The molecule has 0 atom stereocenters. The number of imide groups is 1. The molecule has 2 aromatic rings. The van der Waals surface area contributed by atoms with E-state index in [2.05, 4.69) is 10.0 Å². The summed E-state index contributed by atoms with van der Waals surface area (Å²) in [5.74, 6) is -0.947. The number of urea groups is 1. The second-order valence-electron chi connectivity index (χ2n) is 6.66. The van der Waals surface area contributed by atoms with Gasteiger partial charge in [-0.3, -0.25) is 10.1 Å². The third kappa shape index (κ3) is 7.33. The average molecular weight is 437 g/mol. The van der Waals surface area contributed by atoms with E-state index in [1.807, 2.05) is 19.2 Å². The highest BCUT2D eigenvalue weighted by Gasteiger charge is 2.17. The lowest BCUT2D eigenvalue weighted by Gasteiger charge is -2.09. The molecule has 0 unspecified atom stereocenters. The molecule has 0 spiro atoms. The zero-order valence-electron chi connectivity index (χ0n) is 16.5. The Bertz CT molecular complexity index is 968. The van der Waals surface area contributed by atoms with E-state index >= 15 is 0 Å². The van der Waals surface area contributed by atoms with Gasteiger partial charge in [-0.25, -0.2) is 22.7 Å². The van der Waals surface area contributed by atoms with Gasteiger partial charge in [0, 0.05) is 6.54 Å². The molecule has 0 saturated heterocycles. The van der Waals surface area contributed by atoms with Crippen molar-refractivity contribution in [2.45, 2.75) is 25.3 Å². The number of amides is 3. The average Bonchev–Trinajstić information content (AvgIpc) is 3.23. The zero-order chi connectivity index (χ0) is 22.1. The minimum atomic E-state index is -3.80. The Morgan fingerprint density at radius 2 is 1.80 bits per heavy atom. The van der Waals surface area contributed by atoms with E-state index in [1.165, 1.54) is 30.5 Å². The number of carbonyl (C=O) groups is 3. The van der Waals surface area contributed by atoms with Crippen molar-refractivity contribution in [2.24, 2.45) is 5.92 Å². The van der Waals surface area contributed by atoms with E-state index < -0.39 is 34.5 Å². The van der Waals surface area contributed by atoms with Crippen LogP contribution >= 0.6 is 0 Å². The fraction of sp³-hybridized carbons (Fsp3) is 0.316. The molecule has 3 amide bonds. The first kappa shape index (κ1) is 23.1. The Morgan fingerprint density at radius 3 is 2.40 bits per heavy atom. The van der Waals surface area contributed by atoms with Crippen LogP contribution in [-0.2, 0) is 26.1 Å². The molecule has 0 aliphatic carbocycles. The topological polar surface area (TPSA) is 144 Å². The van der Waals surface area contributed by atoms with Gasteiger partial charge in [0.15, 0.2) is 6.61 Å². The number of nitrogens with one attached hydrogen (secondary N) is 3. The molecule has 0 aliphatic rings. The molecule has 10 nitrogen and oxygen atoms in total. The van der Waals surface area contributed by atoms with Crippen molar-refractivity contribution in [3.8, 4) is 0 Å². The smallest absolute Gasteiger partial charge is 0.338 e. The van der Waals surface area contributed by atoms with Crippen LogP contribution in [0.15, 0.2) is 52.0 Å². The summed E-state index contributed by atoms with van der Waals surface area (Å²) in [5, 5.41) is 4.53. The van der Waals surface area contributed by atoms with E-state index in [-0.39, 0.29) is 22.9 Å². The van der Waals surface area contributed by atoms with Gasteiger partial charge in [-0.05, 0) is 42.3 Å². The maximum absolute atomic E-state index is 12.3. The summed E-state index contributed by atoms with van der Waals surface area (Å²) in [7, 11) is -3.80. The van der Waals surface area contributed by atoms with Crippen LogP contribution in [0, 0.1) is 5.92 Å². The Balaban J connectivity index is 1.84. The fourth-order valence-corrected chi connectivity index (χ4v) is 3.14. The molecule has 1 heterocycles. The van der Waals surface area contributed by atoms with Gasteiger partial charge in [0.2, 0.25) is 10.0 Å². The van der Waals surface area contributed by atoms with E-state index in [0.29, 0.717) is 12.3 Å². The standard InChI is InChI=1S/C19H23N3O7S/c1-13(2)10-20-19(25)22-17(23)12-29-18(24)14-5-7-16(8-6-14)30(26,27)21-11-15-4-3-9-28-15/h3-9,13,21H,10-12H2,1-2H3,(H2,20,22,23,25). The van der Waals surface area contributed by atoms with Gasteiger partial charge >= 0.3 is 12.0 Å². The predicted molar refractivity (Wildman–Crippen MR) is 106 cm³/mol. The number of benzene rings is 1. The van der Waals surface area contributed by atoms with Crippen molar-refractivity contribution in [1.29, 1.82) is 0 Å². The number of carbonyl (C=O) groups excluding carboxylic acids is 3. The highest BCUT2D eigenvalue weighted by molar-refractivity contribution is 7.89. The van der Waals surface area contributed by atoms with E-state index in [4.69, 9.17) is 9.15 Å². The predicted octanol–water partition coefficient (Wildman–Crippen LogP) is 1.40. The van der Waals surface area contributed by atoms with Gasteiger partial charge in [-0.15, -0.1) is 0 Å². The molecule has 0 saturated carbocycles. The Kier molecular flexibility index (Phi) is 8.13.